The average molecular weight is 268 g/mol. The fourth-order valence-corrected chi connectivity index (χ4v) is 2.24. The van der Waals surface area contributed by atoms with E-state index in [0.717, 1.165) is 0 Å². The molecule has 0 aliphatic rings. The number of thiophene rings is 1. The summed E-state index contributed by atoms with van der Waals surface area (Å²) in [5, 5.41) is 19.6. The topological polar surface area (TPSA) is 86.8 Å². The highest BCUT2D eigenvalue weighted by atomic mass is 32.1. The molecular formula is C12H16N2O3S. The Morgan fingerprint density at radius 1 is 1.39 bits per heavy atom. The molecule has 0 unspecified atom stereocenters. The monoisotopic (exact) mass is 268 g/mol. The molecule has 0 aliphatic carbocycles. The van der Waals surface area contributed by atoms with Crippen molar-refractivity contribution in [1.82, 2.24) is 4.90 Å². The SMILES string of the molecule is NCC#Cc1ccsc1C(=O)N(CCO)CCO. The first-order valence-corrected chi connectivity index (χ1v) is 6.40. The Labute approximate surface area is 110 Å². The van der Waals surface area contributed by atoms with E-state index in [1.807, 2.05) is 0 Å². The molecule has 1 aromatic rings. The molecule has 0 spiro atoms. The lowest BCUT2D eigenvalue weighted by Gasteiger charge is -2.19. The minimum absolute atomic E-state index is 0.138. The molecule has 1 amide bonds. The number of carbonyl (C=O) groups excluding carboxylic acids is 1. The first kappa shape index (κ1) is 14.7. The van der Waals surface area contributed by atoms with Crippen LogP contribution in [0.4, 0.5) is 0 Å². The van der Waals surface area contributed by atoms with Gasteiger partial charge in [-0.25, -0.2) is 0 Å². The Kier molecular flexibility index (Phi) is 6.39. The van der Waals surface area contributed by atoms with Gasteiger partial charge in [-0.2, -0.15) is 0 Å². The van der Waals surface area contributed by atoms with E-state index in [-0.39, 0.29) is 38.8 Å². The van der Waals surface area contributed by atoms with Crippen LogP contribution in [0.25, 0.3) is 0 Å². The van der Waals surface area contributed by atoms with E-state index in [0.29, 0.717) is 10.4 Å². The van der Waals surface area contributed by atoms with Crippen LogP contribution in [0, 0.1) is 11.8 Å². The van der Waals surface area contributed by atoms with Crippen LogP contribution in [-0.2, 0) is 0 Å². The maximum atomic E-state index is 12.2. The fraction of sp³-hybridized carbons (Fsp3) is 0.417. The van der Waals surface area contributed by atoms with Crippen LogP contribution in [-0.4, -0.2) is 53.9 Å². The minimum Gasteiger partial charge on any atom is -0.395 e. The summed E-state index contributed by atoms with van der Waals surface area (Å²) in [6.45, 7) is 0.352. The van der Waals surface area contributed by atoms with Gasteiger partial charge in [0.1, 0.15) is 4.88 Å². The van der Waals surface area contributed by atoms with E-state index in [1.165, 1.54) is 16.2 Å². The van der Waals surface area contributed by atoms with E-state index in [1.54, 1.807) is 11.4 Å². The highest BCUT2D eigenvalue weighted by Gasteiger charge is 2.18. The number of rotatable bonds is 5. The average Bonchev–Trinajstić information content (AvgIpc) is 2.83. The zero-order valence-electron chi connectivity index (χ0n) is 9.93. The quantitative estimate of drug-likeness (QED) is 0.627. The van der Waals surface area contributed by atoms with Gasteiger partial charge in [0.25, 0.3) is 5.91 Å². The molecule has 0 saturated carbocycles. The number of aliphatic hydroxyl groups excluding tert-OH is 2. The normalized spacial score (nSPS) is 9.72. The van der Waals surface area contributed by atoms with Gasteiger partial charge in [-0.15, -0.1) is 11.3 Å². The molecule has 18 heavy (non-hydrogen) atoms. The molecule has 98 valence electrons. The van der Waals surface area contributed by atoms with Crippen molar-refractivity contribution in [3.8, 4) is 11.8 Å². The first-order chi connectivity index (χ1) is 8.74. The van der Waals surface area contributed by atoms with Crippen molar-refractivity contribution >= 4 is 17.2 Å². The second-order valence-corrected chi connectivity index (χ2v) is 4.32. The van der Waals surface area contributed by atoms with Crippen LogP contribution in [0.1, 0.15) is 15.2 Å². The summed E-state index contributed by atoms with van der Waals surface area (Å²) in [5.41, 5.74) is 5.93. The molecule has 0 saturated heterocycles. The molecule has 1 aromatic heterocycles. The summed E-state index contributed by atoms with van der Waals surface area (Å²) in [6, 6.07) is 1.76. The Morgan fingerprint density at radius 3 is 2.61 bits per heavy atom. The lowest BCUT2D eigenvalue weighted by Crippen LogP contribution is -2.35. The summed E-state index contributed by atoms with van der Waals surface area (Å²) in [5.74, 6) is 5.31. The van der Waals surface area contributed by atoms with E-state index in [9.17, 15) is 4.79 Å². The molecule has 4 N–H and O–H groups in total. The predicted molar refractivity (Wildman–Crippen MR) is 70.3 cm³/mol. The minimum atomic E-state index is -0.227. The van der Waals surface area contributed by atoms with Crippen molar-refractivity contribution in [2.24, 2.45) is 5.73 Å². The molecule has 0 bridgehead atoms. The Balaban J connectivity index is 2.90. The van der Waals surface area contributed by atoms with Gasteiger partial charge >= 0.3 is 0 Å². The smallest absolute Gasteiger partial charge is 0.265 e. The summed E-state index contributed by atoms with van der Waals surface area (Å²) >= 11 is 1.29. The number of hydrogen-bond donors (Lipinski definition) is 3. The van der Waals surface area contributed by atoms with Crippen LogP contribution in [0.2, 0.25) is 0 Å². The van der Waals surface area contributed by atoms with Crippen LogP contribution in [0.15, 0.2) is 11.4 Å². The number of amides is 1. The van der Waals surface area contributed by atoms with E-state index in [4.69, 9.17) is 15.9 Å². The van der Waals surface area contributed by atoms with Crippen molar-refractivity contribution in [3.05, 3.63) is 21.9 Å². The lowest BCUT2D eigenvalue weighted by molar-refractivity contribution is 0.0689. The van der Waals surface area contributed by atoms with Gasteiger partial charge in [0.05, 0.1) is 19.8 Å². The maximum Gasteiger partial charge on any atom is 0.265 e. The molecule has 0 radical (unpaired) electrons. The molecule has 6 heteroatoms. The largest absolute Gasteiger partial charge is 0.395 e. The van der Waals surface area contributed by atoms with Gasteiger partial charge in [-0.1, -0.05) is 11.8 Å². The van der Waals surface area contributed by atoms with Crippen molar-refractivity contribution in [2.45, 2.75) is 0 Å². The molecule has 0 aromatic carbocycles. The molecule has 0 atom stereocenters. The van der Waals surface area contributed by atoms with Gasteiger partial charge in [-0.3, -0.25) is 4.79 Å². The fourth-order valence-electron chi connectivity index (χ4n) is 1.42. The van der Waals surface area contributed by atoms with Crippen molar-refractivity contribution in [1.29, 1.82) is 0 Å². The van der Waals surface area contributed by atoms with Gasteiger partial charge in [0, 0.05) is 18.7 Å². The number of aliphatic hydroxyl groups is 2. The summed E-state index contributed by atoms with van der Waals surface area (Å²) in [7, 11) is 0. The second-order valence-electron chi connectivity index (χ2n) is 3.41. The first-order valence-electron chi connectivity index (χ1n) is 5.52. The van der Waals surface area contributed by atoms with Gasteiger partial charge in [0.15, 0.2) is 0 Å². The van der Waals surface area contributed by atoms with Gasteiger partial charge in [-0.05, 0) is 11.4 Å². The third kappa shape index (κ3) is 3.82. The highest BCUT2D eigenvalue weighted by molar-refractivity contribution is 7.12. The van der Waals surface area contributed by atoms with Crippen molar-refractivity contribution in [2.75, 3.05) is 32.8 Å². The van der Waals surface area contributed by atoms with E-state index in [2.05, 4.69) is 11.8 Å². The zero-order valence-corrected chi connectivity index (χ0v) is 10.7. The van der Waals surface area contributed by atoms with Crippen LogP contribution < -0.4 is 5.73 Å². The summed E-state index contributed by atoms with van der Waals surface area (Å²) < 4.78 is 0. The zero-order chi connectivity index (χ0) is 13.4. The van der Waals surface area contributed by atoms with Crippen molar-refractivity contribution in [3.63, 3.8) is 0 Å². The molecular weight excluding hydrogens is 252 g/mol. The standard InChI is InChI=1S/C12H16N2O3S/c13-4-1-2-10-3-9-18-11(10)12(17)14(5-7-15)6-8-16/h3,9,15-16H,4-8,13H2. The Morgan fingerprint density at radius 2 is 2.06 bits per heavy atom. The maximum absolute atomic E-state index is 12.2. The second kappa shape index (κ2) is 7.84. The van der Waals surface area contributed by atoms with E-state index >= 15 is 0 Å². The number of carbonyl (C=O) groups is 1. The third-order valence-corrected chi connectivity index (χ3v) is 3.11. The Bertz CT molecular complexity index is 442. The number of hydrogen-bond acceptors (Lipinski definition) is 5. The molecule has 5 nitrogen and oxygen atoms in total. The van der Waals surface area contributed by atoms with Crippen LogP contribution in [0.5, 0.6) is 0 Å². The molecule has 0 aliphatic heterocycles. The van der Waals surface area contributed by atoms with Gasteiger partial charge in [0.2, 0.25) is 0 Å². The van der Waals surface area contributed by atoms with Crippen molar-refractivity contribution < 1.29 is 15.0 Å². The molecule has 0 fully saturated rings. The highest BCUT2D eigenvalue weighted by Crippen LogP contribution is 2.18. The molecule has 1 heterocycles. The van der Waals surface area contributed by atoms with Gasteiger partial charge < -0.3 is 20.8 Å². The van der Waals surface area contributed by atoms with E-state index < -0.39 is 0 Å². The summed E-state index contributed by atoms with van der Waals surface area (Å²) in [6.07, 6.45) is 0. The van der Waals surface area contributed by atoms with Crippen LogP contribution in [0.3, 0.4) is 0 Å². The number of nitrogens with two attached hydrogens (primary N) is 1. The van der Waals surface area contributed by atoms with Crippen LogP contribution >= 0.6 is 11.3 Å². The third-order valence-electron chi connectivity index (χ3n) is 2.21. The lowest BCUT2D eigenvalue weighted by atomic mass is 10.2. The number of nitrogens with zero attached hydrogens (tertiary/aromatic N) is 1. The predicted octanol–water partition coefficient (Wildman–Crippen LogP) is -0.515. The molecule has 1 rings (SSSR count). The Hall–Kier alpha value is -1.39. The summed E-state index contributed by atoms with van der Waals surface area (Å²) in [4.78, 5) is 14.1.